The lowest BCUT2D eigenvalue weighted by Crippen LogP contribution is -2.41. The van der Waals surface area contributed by atoms with Gasteiger partial charge in [0.25, 0.3) is 0 Å². The zero-order chi connectivity index (χ0) is 64.9. The summed E-state index contributed by atoms with van der Waals surface area (Å²) < 4.78 is 35.4. The summed E-state index contributed by atoms with van der Waals surface area (Å²) in [6, 6.07) is 16.7. The van der Waals surface area contributed by atoms with E-state index in [0.29, 0.717) is 23.7 Å². The predicted molar refractivity (Wildman–Crippen MR) is 345 cm³/mol. The third-order valence-corrected chi connectivity index (χ3v) is 19.2. The molecule has 2 amide bonds. The molecule has 4 aliphatic heterocycles. The predicted octanol–water partition coefficient (Wildman–Crippen LogP) is 13.9. The number of imide groups is 1. The van der Waals surface area contributed by atoms with Crippen LogP contribution in [0.1, 0.15) is 212 Å². The molecule has 0 unspecified atom stereocenters. The Morgan fingerprint density at radius 3 is 1.23 bits per heavy atom. The maximum Gasteiger partial charge on any atom is 0.495 e. The van der Waals surface area contributed by atoms with E-state index < -0.39 is 65.9 Å². The minimum absolute atomic E-state index is 0.0767. The molecule has 4 saturated heterocycles. The lowest BCUT2D eigenvalue weighted by atomic mass is 9.75. The number of carboxylic acids is 3. The highest BCUT2D eigenvalue weighted by atomic mass is 79.9. The fraction of sp³-hybridized carbons (Fsp3) is 0.583. The third-order valence-electron chi connectivity index (χ3n) is 16.8. The van der Waals surface area contributed by atoms with Gasteiger partial charge in [0.15, 0.2) is 0 Å². The van der Waals surface area contributed by atoms with E-state index in [0.717, 1.165) is 82.9 Å². The maximum atomic E-state index is 11.1. The van der Waals surface area contributed by atoms with E-state index in [4.69, 9.17) is 56.4 Å². The van der Waals surface area contributed by atoms with Gasteiger partial charge in [-0.3, -0.25) is 19.3 Å². The van der Waals surface area contributed by atoms with Crippen LogP contribution in [0.5, 0.6) is 0 Å². The van der Waals surface area contributed by atoms with Crippen molar-refractivity contribution < 1.29 is 67.2 Å². The highest BCUT2D eigenvalue weighted by molar-refractivity contribution is 9.24. The fourth-order valence-corrected chi connectivity index (χ4v) is 10.3. The highest BCUT2D eigenvalue weighted by Crippen LogP contribution is 2.40. The fourth-order valence-electron chi connectivity index (χ4n) is 8.80. The number of carbonyl (C=O) groups is 5. The van der Waals surface area contributed by atoms with Crippen molar-refractivity contribution in [2.24, 2.45) is 10.2 Å². The van der Waals surface area contributed by atoms with Crippen molar-refractivity contribution in [3.05, 3.63) is 117 Å². The van der Waals surface area contributed by atoms with Gasteiger partial charge >= 0.3 is 51.2 Å². The quantitative estimate of drug-likeness (QED) is 0.0451. The number of aryl methyl sites for hydroxylation is 1. The normalized spacial score (nSPS) is 21.2. The monoisotopic (exact) mass is 1440 g/mol. The van der Waals surface area contributed by atoms with Gasteiger partial charge in [0, 0.05) is 43.9 Å². The number of carboxylic acid groups (broad SMARTS) is 3. The van der Waals surface area contributed by atoms with Crippen LogP contribution in [0, 0.1) is 20.1 Å². The minimum atomic E-state index is -0.955. The Labute approximate surface area is 542 Å². The number of carbonyl (C=O) groups excluding carboxylic acids is 2. The van der Waals surface area contributed by atoms with E-state index in [1.807, 2.05) is 90.0 Å². The van der Waals surface area contributed by atoms with E-state index in [-0.39, 0.29) is 37.9 Å². The lowest BCUT2D eigenvalue weighted by Gasteiger charge is -2.32. The molecule has 2 saturated carbocycles. The number of azo groups is 1. The van der Waals surface area contributed by atoms with Crippen LogP contribution in [-0.2, 0) is 42.8 Å². The van der Waals surface area contributed by atoms with Crippen LogP contribution >= 0.6 is 63.9 Å². The number of halogens is 4. The summed E-state index contributed by atoms with van der Waals surface area (Å²) in [6.07, 6.45) is 10.6. The van der Waals surface area contributed by atoms with Crippen LogP contribution < -0.4 is 10.9 Å². The van der Waals surface area contributed by atoms with E-state index in [1.54, 1.807) is 60.7 Å². The van der Waals surface area contributed by atoms with E-state index >= 15 is 0 Å². The Kier molecular flexibility index (Phi) is 26.7. The number of alkyl halides is 3. The van der Waals surface area contributed by atoms with Crippen LogP contribution in [0.15, 0.2) is 70.9 Å². The molecule has 0 bridgehead atoms. The highest BCUT2D eigenvalue weighted by Gasteiger charge is 2.54. The van der Waals surface area contributed by atoms with Gasteiger partial charge < -0.3 is 43.2 Å². The minimum Gasteiger partial charge on any atom is -0.478 e. The molecule has 4 heterocycles. The standard InChI is InChI=1S/C14H18BBrO4.C14H19BO4.C14H20N4.C8H6Br2O2.C6H12BO2.C4H4BrNO2/c1-13(2)14(3,4)20-15(19-13)11-7-9(12(17)18)5-6-10(11)8-16;1-9-6-7-10(12(16)17)8-11(9)15-18-13(2,3)14(4,5)19-15;1-15-13(9-5-3-6-10-13)17-18-14(16-2)11-7-4-8-12-14;9-7(10)5-1-3-6(4-2-5)8(11)12;1-5(2)6(3,4)9-7-8-5;5-6-3(7)1-2-4(6)8/h5-7H,8H2,1-4H3,(H,17,18);6-8H,1-5H3,(H,16,17);3-12H2;1-4,7H,(H,11,12);1-4H3;1-2H2. The number of benzene rings is 3. The SMILES string of the molecule is CC1(C)OB(c2cc(C(=O)O)ccc2CBr)OC1(C)C.CC1(C)O[B]OC1(C)C.Cc1ccc(C(=O)O)cc1B1OC(C)(C)C(C)(C)O1.O=C(O)c1ccc(C(Br)Br)cc1.O=C1CCC(=O)N1Br.[C-]#[N+]C1(N=NC2([N+]#[C-])CCCCC2)CCCCC1. The summed E-state index contributed by atoms with van der Waals surface area (Å²) in [7, 11) is 0.344. The van der Waals surface area contributed by atoms with Crippen molar-refractivity contribution >= 4 is 127 Å². The molecule has 0 atom stereocenters. The van der Waals surface area contributed by atoms with E-state index in [9.17, 15) is 24.0 Å². The van der Waals surface area contributed by atoms with Crippen LogP contribution in [0.25, 0.3) is 9.69 Å². The number of nitrogens with zero attached hydrogens (tertiary/aromatic N) is 5. The zero-order valence-electron chi connectivity index (χ0n) is 51.4. The molecule has 2 aliphatic carbocycles. The molecule has 26 heteroatoms. The molecule has 465 valence electrons. The second kappa shape index (κ2) is 30.9. The third kappa shape index (κ3) is 19.6. The van der Waals surface area contributed by atoms with Gasteiger partial charge in [0.05, 0.1) is 70.2 Å². The first kappa shape index (κ1) is 74.1. The first-order valence-electron chi connectivity index (χ1n) is 28.3. The second-order valence-corrected chi connectivity index (χ2v) is 28.9. The van der Waals surface area contributed by atoms with Gasteiger partial charge in [-0.15, -0.1) is 0 Å². The van der Waals surface area contributed by atoms with Gasteiger partial charge in [-0.1, -0.05) is 101 Å². The molecule has 3 aromatic carbocycles. The zero-order valence-corrected chi connectivity index (χ0v) is 57.7. The van der Waals surface area contributed by atoms with Crippen molar-refractivity contribution in [3.8, 4) is 0 Å². The molecule has 3 aromatic rings. The van der Waals surface area contributed by atoms with E-state index in [1.165, 1.54) is 20.5 Å². The topological polar surface area (TPSA) is 238 Å². The Hall–Kier alpha value is -4.34. The number of amides is 2. The Bertz CT molecular complexity index is 2890. The van der Waals surface area contributed by atoms with Crippen LogP contribution in [0.3, 0.4) is 0 Å². The second-order valence-electron chi connectivity index (χ2n) is 24.6. The summed E-state index contributed by atoms with van der Waals surface area (Å²) >= 11 is 12.8. The van der Waals surface area contributed by atoms with Gasteiger partial charge in [0.1, 0.15) is 0 Å². The summed E-state index contributed by atoms with van der Waals surface area (Å²) in [4.78, 5) is 61.0. The van der Waals surface area contributed by atoms with Crippen molar-refractivity contribution in [1.82, 2.24) is 3.93 Å². The average Bonchev–Trinajstić information content (AvgIpc) is 1.90. The molecule has 6 fully saturated rings. The van der Waals surface area contributed by atoms with Crippen LogP contribution in [-0.4, -0.2) is 116 Å². The van der Waals surface area contributed by atoms with Gasteiger partial charge in [-0.2, -0.15) is 0 Å². The average molecular weight is 1450 g/mol. The maximum absolute atomic E-state index is 11.1. The summed E-state index contributed by atoms with van der Waals surface area (Å²) in [5.74, 6) is -3.09. The van der Waals surface area contributed by atoms with E-state index in [2.05, 4.69) is 83.9 Å². The van der Waals surface area contributed by atoms with Crippen LogP contribution in [0.2, 0.25) is 0 Å². The number of rotatable bonds is 9. The van der Waals surface area contributed by atoms with Crippen molar-refractivity contribution in [1.29, 1.82) is 0 Å². The lowest BCUT2D eigenvalue weighted by molar-refractivity contribution is -0.131. The van der Waals surface area contributed by atoms with Crippen molar-refractivity contribution in [2.75, 3.05) is 0 Å². The molecular weight excluding hydrogens is 1370 g/mol. The molecule has 0 aromatic heterocycles. The summed E-state index contributed by atoms with van der Waals surface area (Å²) in [6.45, 7) is 40.5. The Morgan fingerprint density at radius 1 is 0.581 bits per heavy atom. The number of hydrogen-bond acceptors (Lipinski definition) is 13. The Morgan fingerprint density at radius 2 is 0.930 bits per heavy atom. The first-order valence-corrected chi connectivity index (χ1v) is 32.0. The first-order chi connectivity index (χ1) is 39.8. The molecule has 86 heavy (non-hydrogen) atoms. The molecular formula is C60H79B3Br4N5O14. The molecule has 3 N–H and O–H groups in total. The Balaban J connectivity index is 0.000000227. The van der Waals surface area contributed by atoms with Crippen molar-refractivity contribution in [2.45, 2.75) is 221 Å². The van der Waals surface area contributed by atoms with Crippen molar-refractivity contribution in [3.63, 3.8) is 0 Å². The number of aromatic carboxylic acids is 3. The van der Waals surface area contributed by atoms with Gasteiger partial charge in [-0.25, -0.2) is 31.5 Å². The smallest absolute Gasteiger partial charge is 0.478 e. The number of hydrogen-bond donors (Lipinski definition) is 3. The van der Waals surface area contributed by atoms with Gasteiger partial charge in [0.2, 0.25) is 11.8 Å². The molecule has 19 nitrogen and oxygen atoms in total. The molecule has 0 spiro atoms. The molecule has 6 aliphatic rings. The van der Waals surface area contributed by atoms with Gasteiger partial charge in [-0.05, 0) is 174 Å². The largest absolute Gasteiger partial charge is 0.495 e. The summed E-state index contributed by atoms with van der Waals surface area (Å²) in [5, 5.41) is 36.1. The molecule has 1 radical (unpaired) electrons. The molecule has 9 rings (SSSR count). The van der Waals surface area contributed by atoms with Crippen LogP contribution in [0.4, 0.5) is 0 Å². The summed E-state index contributed by atoms with van der Waals surface area (Å²) in [5.41, 5.74) is 1.85.